The molecule has 2 amide bonds. The van der Waals surface area contributed by atoms with Gasteiger partial charge in [0.25, 0.3) is 10.0 Å². The first-order chi connectivity index (χ1) is 23.6. The number of ether oxygens (including phenoxy) is 2. The zero-order valence-corrected chi connectivity index (χ0v) is 29.6. The van der Waals surface area contributed by atoms with Crippen LogP contribution in [0.4, 0.5) is 4.79 Å². The molecule has 0 saturated carbocycles. The number of benzene rings is 3. The van der Waals surface area contributed by atoms with Gasteiger partial charge in [-0.3, -0.25) is 14.6 Å². The van der Waals surface area contributed by atoms with Crippen molar-refractivity contribution in [3.05, 3.63) is 81.9 Å². The van der Waals surface area contributed by atoms with Gasteiger partial charge in [0, 0.05) is 24.4 Å². The highest BCUT2D eigenvalue weighted by Crippen LogP contribution is 2.45. The standard InChI is InChI=1S/C36H43N5O8S/c1-20-21(2)32(22(3)27-17-36(4,5)49-31(20)27)50(46,47)41-34(37)38-16-10-15-29(33(44)39-18-30(42)43)40-35(45)48-19-28-25-13-8-6-11-23(25)24-12-7-9-14-26(24)28/h6-9,11-14,28-29H,10,15-19H2,1-5H3,(H,39,44)(H,40,45)(H,42,43)(H3,37,38,41). The Bertz CT molecular complexity index is 1930. The van der Waals surface area contributed by atoms with Crippen molar-refractivity contribution >= 4 is 34.0 Å². The highest BCUT2D eigenvalue weighted by Gasteiger charge is 2.37. The Hall–Kier alpha value is -5.11. The number of aliphatic carboxylic acids is 1. The van der Waals surface area contributed by atoms with E-state index in [9.17, 15) is 22.8 Å². The van der Waals surface area contributed by atoms with Crippen LogP contribution in [0.2, 0.25) is 0 Å². The molecule has 0 saturated heterocycles. The van der Waals surface area contributed by atoms with E-state index in [-0.39, 0.29) is 42.8 Å². The third kappa shape index (κ3) is 7.70. The normalized spacial score (nSPS) is 15.3. The number of carboxylic acids is 1. The lowest BCUT2D eigenvalue weighted by molar-refractivity contribution is -0.138. The average Bonchev–Trinajstić information content (AvgIpc) is 3.56. The molecule has 1 heterocycles. The van der Waals surface area contributed by atoms with Crippen molar-refractivity contribution in [2.75, 3.05) is 19.7 Å². The van der Waals surface area contributed by atoms with Crippen LogP contribution < -0.4 is 25.8 Å². The maximum Gasteiger partial charge on any atom is 0.407 e. The fourth-order valence-corrected chi connectivity index (χ4v) is 8.23. The molecule has 0 radical (unpaired) electrons. The molecule has 1 unspecified atom stereocenters. The first-order valence-electron chi connectivity index (χ1n) is 16.3. The van der Waals surface area contributed by atoms with Crippen molar-refractivity contribution in [1.82, 2.24) is 15.4 Å². The summed E-state index contributed by atoms with van der Waals surface area (Å²) < 4.78 is 41.0. The molecular weight excluding hydrogens is 662 g/mol. The van der Waals surface area contributed by atoms with Gasteiger partial charge < -0.3 is 30.9 Å². The molecule has 2 aliphatic rings. The van der Waals surface area contributed by atoms with Gasteiger partial charge in [-0.05, 0) is 86.4 Å². The maximum atomic E-state index is 13.5. The number of nitrogens with zero attached hydrogens (tertiary/aromatic N) is 1. The second kappa shape index (κ2) is 14.4. The summed E-state index contributed by atoms with van der Waals surface area (Å²) in [6, 6.07) is 14.6. The summed E-state index contributed by atoms with van der Waals surface area (Å²) >= 11 is 0. The van der Waals surface area contributed by atoms with E-state index in [0.29, 0.717) is 23.3 Å². The summed E-state index contributed by atoms with van der Waals surface area (Å²) in [5.74, 6) is -1.79. The molecule has 0 aromatic heterocycles. The Morgan fingerprint density at radius 2 is 1.64 bits per heavy atom. The minimum atomic E-state index is -4.11. The second-order valence-corrected chi connectivity index (χ2v) is 14.8. The number of amides is 2. The smallest absolute Gasteiger partial charge is 0.407 e. The van der Waals surface area contributed by atoms with Crippen LogP contribution in [0.15, 0.2) is 58.4 Å². The zero-order valence-electron chi connectivity index (χ0n) is 28.8. The molecule has 3 aromatic carbocycles. The zero-order chi connectivity index (χ0) is 36.4. The summed E-state index contributed by atoms with van der Waals surface area (Å²) in [6.07, 6.45) is -0.0499. The number of nitrogens with one attached hydrogen (secondary N) is 3. The van der Waals surface area contributed by atoms with E-state index in [0.717, 1.165) is 33.4 Å². The number of hydrogen-bond acceptors (Lipinski definition) is 8. The molecule has 13 nitrogen and oxygen atoms in total. The van der Waals surface area contributed by atoms with E-state index in [1.807, 2.05) is 69.3 Å². The third-order valence-electron chi connectivity index (χ3n) is 9.10. The number of carboxylic acid groups (broad SMARTS) is 1. The summed E-state index contributed by atoms with van der Waals surface area (Å²) in [5, 5.41) is 13.9. The van der Waals surface area contributed by atoms with E-state index >= 15 is 0 Å². The lowest BCUT2D eigenvalue weighted by Gasteiger charge is -2.19. The van der Waals surface area contributed by atoms with E-state index in [1.165, 1.54) is 0 Å². The molecule has 6 N–H and O–H groups in total. The molecule has 0 fully saturated rings. The van der Waals surface area contributed by atoms with Gasteiger partial charge in [-0.1, -0.05) is 48.5 Å². The first kappa shape index (κ1) is 36.2. The Balaban J connectivity index is 1.21. The van der Waals surface area contributed by atoms with Gasteiger partial charge in [0.15, 0.2) is 0 Å². The van der Waals surface area contributed by atoms with E-state index in [2.05, 4.69) is 20.3 Å². The number of carbonyl (C=O) groups excluding carboxylic acids is 2. The number of hydrogen-bond donors (Lipinski definition) is 5. The predicted molar refractivity (Wildman–Crippen MR) is 188 cm³/mol. The lowest BCUT2D eigenvalue weighted by Crippen LogP contribution is -2.48. The number of guanidine groups is 1. The van der Waals surface area contributed by atoms with Crippen molar-refractivity contribution in [2.24, 2.45) is 10.7 Å². The van der Waals surface area contributed by atoms with Gasteiger partial charge in [-0.25, -0.2) is 17.9 Å². The maximum absolute atomic E-state index is 13.5. The number of nitrogens with two attached hydrogens (primary N) is 1. The Labute approximate surface area is 291 Å². The van der Waals surface area contributed by atoms with Crippen LogP contribution >= 0.6 is 0 Å². The quantitative estimate of drug-likeness (QED) is 0.106. The van der Waals surface area contributed by atoms with Crippen LogP contribution in [-0.4, -0.2) is 68.8 Å². The number of fused-ring (bicyclic) bond motifs is 4. The minimum absolute atomic E-state index is 0.00659. The SMILES string of the molecule is Cc1c(C)c(S(=O)(=O)NC(N)=NCCCC(NC(=O)OCC2c3ccccc3-c3ccccc32)C(=O)NCC(=O)O)c(C)c2c1OC(C)(C)C2. The van der Waals surface area contributed by atoms with Crippen LogP contribution in [0, 0.1) is 20.8 Å². The van der Waals surface area contributed by atoms with Crippen molar-refractivity contribution in [3.8, 4) is 16.9 Å². The largest absolute Gasteiger partial charge is 0.487 e. The summed E-state index contributed by atoms with van der Waals surface area (Å²) in [7, 11) is -4.11. The summed E-state index contributed by atoms with van der Waals surface area (Å²) in [6.45, 7) is 8.59. The Kier molecular flexibility index (Phi) is 10.4. The molecule has 14 heteroatoms. The van der Waals surface area contributed by atoms with Gasteiger partial charge in [0.05, 0.1) is 4.90 Å². The van der Waals surface area contributed by atoms with Crippen LogP contribution in [0.25, 0.3) is 11.1 Å². The summed E-state index contributed by atoms with van der Waals surface area (Å²) in [4.78, 5) is 41.1. The van der Waals surface area contributed by atoms with Crippen LogP contribution in [0.5, 0.6) is 5.75 Å². The first-order valence-corrected chi connectivity index (χ1v) is 17.8. The van der Waals surface area contributed by atoms with Crippen molar-refractivity contribution in [1.29, 1.82) is 0 Å². The topological polar surface area (TPSA) is 199 Å². The highest BCUT2D eigenvalue weighted by atomic mass is 32.2. The lowest BCUT2D eigenvalue weighted by atomic mass is 9.94. The van der Waals surface area contributed by atoms with Crippen molar-refractivity contribution in [2.45, 2.75) is 76.3 Å². The fourth-order valence-electron chi connectivity index (χ4n) is 6.70. The molecule has 1 aliphatic carbocycles. The Morgan fingerprint density at radius 3 is 2.26 bits per heavy atom. The average molecular weight is 706 g/mol. The minimum Gasteiger partial charge on any atom is -0.487 e. The molecule has 0 spiro atoms. The molecule has 3 aromatic rings. The van der Waals surface area contributed by atoms with Gasteiger partial charge in [0.1, 0.15) is 30.5 Å². The molecule has 5 rings (SSSR count). The predicted octanol–water partition coefficient (Wildman–Crippen LogP) is 3.81. The van der Waals surface area contributed by atoms with Gasteiger partial charge in [0.2, 0.25) is 11.9 Å². The van der Waals surface area contributed by atoms with Crippen LogP contribution in [0.1, 0.15) is 66.0 Å². The molecule has 50 heavy (non-hydrogen) atoms. The fraction of sp³-hybridized carbons (Fsp3) is 0.389. The van der Waals surface area contributed by atoms with E-state index in [1.54, 1.807) is 13.8 Å². The molecule has 0 bridgehead atoms. The number of sulfonamides is 1. The molecule has 1 aliphatic heterocycles. The second-order valence-electron chi connectivity index (χ2n) is 13.2. The monoisotopic (exact) mass is 705 g/mol. The Morgan fingerprint density at radius 1 is 1.02 bits per heavy atom. The molecular formula is C36H43N5O8S. The number of alkyl carbamates (subject to hydrolysis) is 1. The van der Waals surface area contributed by atoms with Gasteiger partial charge in [-0.15, -0.1) is 0 Å². The van der Waals surface area contributed by atoms with Gasteiger partial charge >= 0.3 is 12.1 Å². The number of carbonyl (C=O) groups is 3. The van der Waals surface area contributed by atoms with Crippen molar-refractivity contribution < 1.29 is 37.4 Å². The summed E-state index contributed by atoms with van der Waals surface area (Å²) in [5.41, 5.74) is 12.4. The molecule has 266 valence electrons. The number of rotatable bonds is 12. The molecule has 1 atom stereocenters. The van der Waals surface area contributed by atoms with Crippen molar-refractivity contribution in [3.63, 3.8) is 0 Å². The van der Waals surface area contributed by atoms with E-state index < -0.39 is 46.2 Å². The third-order valence-corrected chi connectivity index (χ3v) is 10.7. The number of aliphatic imine (C=N–C) groups is 1. The van der Waals surface area contributed by atoms with Crippen LogP contribution in [0.3, 0.4) is 0 Å². The van der Waals surface area contributed by atoms with Gasteiger partial charge in [-0.2, -0.15) is 0 Å². The van der Waals surface area contributed by atoms with Crippen LogP contribution in [-0.2, 0) is 30.8 Å². The highest BCUT2D eigenvalue weighted by molar-refractivity contribution is 7.90. The van der Waals surface area contributed by atoms with E-state index in [4.69, 9.17) is 20.3 Å².